The van der Waals surface area contributed by atoms with Gasteiger partial charge < -0.3 is 5.32 Å². The molecular weight excluding hydrogens is 222 g/mol. The molecule has 16 heavy (non-hydrogen) atoms. The van der Waals surface area contributed by atoms with Crippen molar-refractivity contribution in [3.05, 3.63) is 0 Å². The fourth-order valence-corrected chi connectivity index (χ4v) is 2.40. The van der Waals surface area contributed by atoms with Crippen LogP contribution in [0.25, 0.3) is 0 Å². The Bertz CT molecular complexity index is 261. The zero-order valence-corrected chi connectivity index (χ0v) is 11.7. The third kappa shape index (κ3) is 3.38. The van der Waals surface area contributed by atoms with Crippen molar-refractivity contribution >= 4 is 17.5 Å². The van der Waals surface area contributed by atoms with Crippen LogP contribution in [0.5, 0.6) is 0 Å². The Kier molecular flexibility index (Phi) is 4.28. The van der Waals surface area contributed by atoms with Gasteiger partial charge in [0, 0.05) is 18.3 Å². The largest absolute Gasteiger partial charge is 0.355 e. The lowest BCUT2D eigenvalue weighted by Crippen LogP contribution is -2.41. The van der Waals surface area contributed by atoms with E-state index in [1.54, 1.807) is 0 Å². The number of hydrogen-bond donors (Lipinski definition) is 1. The molecule has 3 heteroatoms. The molecule has 0 aliphatic heterocycles. The number of carbonyl (C=O) groups excluding carboxylic acids is 1. The Morgan fingerprint density at radius 2 is 2.12 bits per heavy atom. The second-order valence-corrected chi connectivity index (χ2v) is 6.72. The van der Waals surface area contributed by atoms with Gasteiger partial charge in [0.1, 0.15) is 0 Å². The Morgan fingerprint density at radius 3 is 2.56 bits per heavy atom. The first-order chi connectivity index (χ1) is 7.28. The van der Waals surface area contributed by atoms with Crippen LogP contribution in [0, 0.1) is 16.7 Å². The summed E-state index contributed by atoms with van der Waals surface area (Å²) in [5.41, 5.74) is 0.148. The maximum absolute atomic E-state index is 12.1. The molecule has 0 heterocycles. The first-order valence-corrected chi connectivity index (χ1v) is 6.66. The van der Waals surface area contributed by atoms with E-state index in [9.17, 15) is 4.79 Å². The lowest BCUT2D eigenvalue weighted by molar-refractivity contribution is -0.127. The molecular formula is C13H24ClNO. The Morgan fingerprint density at radius 1 is 1.50 bits per heavy atom. The number of halogens is 1. The third-order valence-electron chi connectivity index (χ3n) is 3.68. The zero-order chi connectivity index (χ0) is 12.4. The van der Waals surface area contributed by atoms with Crippen LogP contribution in [0.15, 0.2) is 0 Å². The summed E-state index contributed by atoms with van der Waals surface area (Å²) in [7, 11) is 0. The van der Waals surface area contributed by atoms with Crippen molar-refractivity contribution < 1.29 is 4.79 Å². The molecule has 94 valence electrons. The van der Waals surface area contributed by atoms with E-state index in [2.05, 4.69) is 33.0 Å². The van der Waals surface area contributed by atoms with Gasteiger partial charge in [0.15, 0.2) is 0 Å². The van der Waals surface area contributed by atoms with Gasteiger partial charge in [-0.3, -0.25) is 4.79 Å². The summed E-state index contributed by atoms with van der Waals surface area (Å²) in [6.07, 6.45) is 3.36. The Balaban J connectivity index is 2.47. The van der Waals surface area contributed by atoms with Gasteiger partial charge in [0.25, 0.3) is 0 Å². The molecule has 1 fully saturated rings. The molecule has 1 atom stereocenters. The minimum absolute atomic E-state index is 0.0139. The Hall–Kier alpha value is -0.240. The molecule has 0 radical (unpaired) electrons. The second-order valence-electron chi connectivity index (χ2n) is 6.45. The van der Waals surface area contributed by atoms with Crippen molar-refractivity contribution in [2.24, 2.45) is 16.7 Å². The summed E-state index contributed by atoms with van der Waals surface area (Å²) in [6, 6.07) is 0. The van der Waals surface area contributed by atoms with E-state index in [-0.39, 0.29) is 22.7 Å². The molecule has 1 unspecified atom stereocenters. The first kappa shape index (κ1) is 13.8. The van der Waals surface area contributed by atoms with Crippen LogP contribution in [-0.2, 0) is 4.79 Å². The number of alkyl halides is 1. The number of nitrogens with one attached hydrogen (secondary N) is 1. The number of amides is 1. The highest BCUT2D eigenvalue weighted by atomic mass is 35.5. The summed E-state index contributed by atoms with van der Waals surface area (Å²) in [5, 5.41) is 3.05. The topological polar surface area (TPSA) is 29.1 Å². The fourth-order valence-electron chi connectivity index (χ4n) is 2.31. The lowest BCUT2D eigenvalue weighted by Gasteiger charge is -2.28. The maximum Gasteiger partial charge on any atom is 0.223 e. The zero-order valence-electron chi connectivity index (χ0n) is 10.9. The fraction of sp³-hybridized carbons (Fsp3) is 0.923. The van der Waals surface area contributed by atoms with Crippen molar-refractivity contribution in [2.45, 2.75) is 47.0 Å². The van der Waals surface area contributed by atoms with E-state index < -0.39 is 0 Å². The van der Waals surface area contributed by atoms with E-state index in [0.29, 0.717) is 12.4 Å². The average molecular weight is 246 g/mol. The molecule has 2 nitrogen and oxygen atoms in total. The summed E-state index contributed by atoms with van der Waals surface area (Å²) in [6.45, 7) is 9.19. The van der Waals surface area contributed by atoms with Crippen molar-refractivity contribution in [1.29, 1.82) is 0 Å². The molecule has 0 spiro atoms. The van der Waals surface area contributed by atoms with E-state index in [0.717, 1.165) is 12.8 Å². The summed E-state index contributed by atoms with van der Waals surface area (Å²) in [4.78, 5) is 12.1. The smallest absolute Gasteiger partial charge is 0.223 e. The minimum Gasteiger partial charge on any atom is -0.355 e. The van der Waals surface area contributed by atoms with Gasteiger partial charge in [-0.2, -0.15) is 0 Å². The van der Waals surface area contributed by atoms with Crippen LogP contribution in [-0.4, -0.2) is 18.3 Å². The molecule has 0 aromatic carbocycles. The predicted molar refractivity (Wildman–Crippen MR) is 68.6 cm³/mol. The van der Waals surface area contributed by atoms with Gasteiger partial charge in [-0.25, -0.2) is 0 Å². The molecule has 1 amide bonds. The van der Waals surface area contributed by atoms with Gasteiger partial charge >= 0.3 is 0 Å². The molecule has 1 saturated carbocycles. The van der Waals surface area contributed by atoms with Crippen molar-refractivity contribution in [3.63, 3.8) is 0 Å². The van der Waals surface area contributed by atoms with Gasteiger partial charge in [-0.05, 0) is 23.7 Å². The number of rotatable bonds is 4. The highest BCUT2D eigenvalue weighted by Gasteiger charge is 2.39. The molecule has 1 aliphatic carbocycles. The quantitative estimate of drug-likeness (QED) is 0.758. The van der Waals surface area contributed by atoms with Gasteiger partial charge in [-0.1, -0.05) is 34.1 Å². The van der Waals surface area contributed by atoms with Gasteiger partial charge in [0.05, 0.1) is 0 Å². The second kappa shape index (κ2) is 4.95. The molecule has 0 bridgehead atoms. The van der Waals surface area contributed by atoms with E-state index in [1.807, 2.05) is 0 Å². The van der Waals surface area contributed by atoms with Crippen LogP contribution >= 0.6 is 11.6 Å². The molecule has 1 N–H and O–H groups in total. The van der Waals surface area contributed by atoms with Crippen LogP contribution in [0.3, 0.4) is 0 Å². The molecule has 0 saturated heterocycles. The standard InChI is InChI=1S/C13H24ClNO/c1-12(2,8-14)9-15-11(16)10-6-5-7-13(10,3)4/h10H,5-9H2,1-4H3,(H,15,16). The summed E-state index contributed by atoms with van der Waals surface area (Å²) >= 11 is 5.84. The van der Waals surface area contributed by atoms with Gasteiger partial charge in [0.2, 0.25) is 5.91 Å². The lowest BCUT2D eigenvalue weighted by atomic mass is 9.81. The summed E-state index contributed by atoms with van der Waals surface area (Å²) < 4.78 is 0. The first-order valence-electron chi connectivity index (χ1n) is 6.12. The molecule has 1 aliphatic rings. The van der Waals surface area contributed by atoms with Crippen molar-refractivity contribution in [3.8, 4) is 0 Å². The average Bonchev–Trinajstić information content (AvgIpc) is 2.55. The molecule has 0 aromatic heterocycles. The van der Waals surface area contributed by atoms with Gasteiger partial charge in [-0.15, -0.1) is 11.6 Å². The SMILES string of the molecule is CC(C)(CCl)CNC(=O)C1CCCC1(C)C. The monoisotopic (exact) mass is 245 g/mol. The normalized spacial score (nSPS) is 24.4. The van der Waals surface area contributed by atoms with Crippen LogP contribution in [0.4, 0.5) is 0 Å². The summed E-state index contributed by atoms with van der Waals surface area (Å²) in [5.74, 6) is 0.959. The van der Waals surface area contributed by atoms with Crippen LogP contribution in [0.1, 0.15) is 47.0 Å². The third-order valence-corrected chi connectivity index (χ3v) is 4.40. The van der Waals surface area contributed by atoms with Crippen molar-refractivity contribution in [1.82, 2.24) is 5.32 Å². The Labute approximate surface area is 104 Å². The molecule has 1 rings (SSSR count). The highest BCUT2D eigenvalue weighted by Crippen LogP contribution is 2.42. The maximum atomic E-state index is 12.1. The van der Waals surface area contributed by atoms with Crippen molar-refractivity contribution in [2.75, 3.05) is 12.4 Å². The van der Waals surface area contributed by atoms with E-state index in [1.165, 1.54) is 6.42 Å². The van der Waals surface area contributed by atoms with Crippen LogP contribution in [0.2, 0.25) is 0 Å². The predicted octanol–water partition coefficient (Wildman–Crippen LogP) is 3.19. The van der Waals surface area contributed by atoms with E-state index >= 15 is 0 Å². The number of carbonyl (C=O) groups is 1. The minimum atomic E-state index is -0.0139. The number of hydrogen-bond acceptors (Lipinski definition) is 1. The van der Waals surface area contributed by atoms with E-state index in [4.69, 9.17) is 11.6 Å². The van der Waals surface area contributed by atoms with Crippen LogP contribution < -0.4 is 5.32 Å². The highest BCUT2D eigenvalue weighted by molar-refractivity contribution is 6.18. The molecule has 0 aromatic rings.